The van der Waals surface area contributed by atoms with E-state index in [9.17, 15) is 5.11 Å². The summed E-state index contributed by atoms with van der Waals surface area (Å²) in [5, 5.41) is 10.2. The molecule has 0 aliphatic heterocycles. The Morgan fingerprint density at radius 3 is 2.47 bits per heavy atom. The highest BCUT2D eigenvalue weighted by atomic mass is 16.3. The van der Waals surface area contributed by atoms with Gasteiger partial charge in [-0.25, -0.2) is 0 Å². The van der Waals surface area contributed by atoms with E-state index in [4.69, 9.17) is 5.73 Å². The van der Waals surface area contributed by atoms with Gasteiger partial charge in [0, 0.05) is 23.3 Å². The lowest BCUT2D eigenvalue weighted by atomic mass is 9.98. The van der Waals surface area contributed by atoms with Gasteiger partial charge in [-0.1, -0.05) is 25.1 Å². The van der Waals surface area contributed by atoms with Crippen LogP contribution in [0.5, 0.6) is 0 Å². The fourth-order valence-corrected chi connectivity index (χ4v) is 1.69. The van der Waals surface area contributed by atoms with E-state index in [1.54, 1.807) is 0 Å². The average molecular weight is 236 g/mol. The summed E-state index contributed by atoms with van der Waals surface area (Å²) in [6, 6.07) is 7.49. The molecule has 1 atom stereocenters. The molecule has 0 bridgehead atoms. The van der Waals surface area contributed by atoms with Crippen LogP contribution in [0.15, 0.2) is 24.3 Å². The first-order valence-corrected chi connectivity index (χ1v) is 6.12. The topological polar surface area (TPSA) is 49.5 Å². The Hall–Kier alpha value is -1.06. The molecule has 0 aromatic heterocycles. The van der Waals surface area contributed by atoms with Crippen LogP contribution in [0.2, 0.25) is 0 Å². The van der Waals surface area contributed by atoms with E-state index in [2.05, 4.69) is 25.7 Å². The minimum Gasteiger partial charge on any atom is -0.398 e. The van der Waals surface area contributed by atoms with Crippen LogP contribution in [0, 0.1) is 0 Å². The van der Waals surface area contributed by atoms with Gasteiger partial charge in [0.15, 0.2) is 0 Å². The zero-order valence-electron chi connectivity index (χ0n) is 11.3. The first kappa shape index (κ1) is 14.0. The van der Waals surface area contributed by atoms with Crippen LogP contribution >= 0.6 is 0 Å². The highest BCUT2D eigenvalue weighted by Gasteiger charge is 2.24. The fraction of sp³-hybridized carbons (Fsp3) is 0.571. The van der Waals surface area contributed by atoms with Gasteiger partial charge in [-0.2, -0.15) is 0 Å². The SMILES string of the molecule is CCC(C)(C)N(C)CC(O)c1ccccc1N. The van der Waals surface area contributed by atoms with E-state index < -0.39 is 6.10 Å². The molecule has 0 radical (unpaired) electrons. The number of benzene rings is 1. The van der Waals surface area contributed by atoms with E-state index in [0.717, 1.165) is 12.0 Å². The maximum Gasteiger partial charge on any atom is 0.0936 e. The minimum atomic E-state index is -0.535. The van der Waals surface area contributed by atoms with E-state index >= 15 is 0 Å². The van der Waals surface area contributed by atoms with Crippen molar-refractivity contribution in [3.05, 3.63) is 29.8 Å². The fourth-order valence-electron chi connectivity index (χ4n) is 1.69. The van der Waals surface area contributed by atoms with E-state index in [0.29, 0.717) is 12.2 Å². The Morgan fingerprint density at radius 1 is 1.35 bits per heavy atom. The van der Waals surface area contributed by atoms with Gasteiger partial charge in [-0.05, 0) is 33.4 Å². The lowest BCUT2D eigenvalue weighted by Gasteiger charge is -2.36. The second-order valence-electron chi connectivity index (χ2n) is 5.19. The number of aliphatic hydroxyl groups is 1. The van der Waals surface area contributed by atoms with Gasteiger partial charge < -0.3 is 10.8 Å². The van der Waals surface area contributed by atoms with E-state index in [1.807, 2.05) is 31.3 Å². The molecule has 0 aliphatic carbocycles. The zero-order chi connectivity index (χ0) is 13.1. The predicted molar refractivity (Wildman–Crippen MR) is 72.8 cm³/mol. The van der Waals surface area contributed by atoms with Gasteiger partial charge in [-0.15, -0.1) is 0 Å². The largest absolute Gasteiger partial charge is 0.398 e. The molecule has 0 saturated carbocycles. The van der Waals surface area contributed by atoms with Gasteiger partial charge >= 0.3 is 0 Å². The second-order valence-corrected chi connectivity index (χ2v) is 5.19. The minimum absolute atomic E-state index is 0.0878. The quantitative estimate of drug-likeness (QED) is 0.772. The van der Waals surface area contributed by atoms with Gasteiger partial charge in [0.25, 0.3) is 0 Å². The zero-order valence-corrected chi connectivity index (χ0v) is 11.3. The number of aliphatic hydroxyl groups excluding tert-OH is 1. The summed E-state index contributed by atoms with van der Waals surface area (Å²) in [6.45, 7) is 7.09. The third-order valence-corrected chi connectivity index (χ3v) is 3.70. The smallest absolute Gasteiger partial charge is 0.0936 e. The Balaban J connectivity index is 2.73. The molecule has 1 aromatic carbocycles. The maximum absolute atomic E-state index is 10.2. The van der Waals surface area contributed by atoms with Crippen molar-refractivity contribution in [2.24, 2.45) is 0 Å². The molecule has 0 saturated heterocycles. The number of nitrogens with zero attached hydrogens (tertiary/aromatic N) is 1. The van der Waals surface area contributed by atoms with Crippen molar-refractivity contribution >= 4 is 5.69 Å². The molecular weight excluding hydrogens is 212 g/mol. The van der Waals surface area contributed by atoms with Gasteiger partial charge in [-0.3, -0.25) is 4.90 Å². The van der Waals surface area contributed by atoms with Crippen LogP contribution in [0.25, 0.3) is 0 Å². The number of hydrogen-bond donors (Lipinski definition) is 2. The summed E-state index contributed by atoms with van der Waals surface area (Å²) >= 11 is 0. The van der Waals surface area contributed by atoms with Crippen molar-refractivity contribution in [2.45, 2.75) is 38.8 Å². The monoisotopic (exact) mass is 236 g/mol. The molecule has 1 unspecified atom stereocenters. The van der Waals surface area contributed by atoms with Crippen molar-refractivity contribution in [1.29, 1.82) is 0 Å². The number of anilines is 1. The number of nitrogen functional groups attached to an aromatic ring is 1. The Kier molecular flexibility index (Phi) is 4.54. The molecule has 1 rings (SSSR count). The van der Waals surface area contributed by atoms with E-state index in [-0.39, 0.29) is 5.54 Å². The van der Waals surface area contributed by atoms with Crippen LogP contribution in [-0.4, -0.2) is 29.1 Å². The first-order valence-electron chi connectivity index (χ1n) is 6.12. The Labute approximate surface area is 104 Å². The number of para-hydroxylation sites is 1. The number of rotatable bonds is 5. The number of nitrogens with two attached hydrogens (primary N) is 1. The van der Waals surface area contributed by atoms with Crippen LogP contribution in [0.3, 0.4) is 0 Å². The molecule has 3 heteroatoms. The molecule has 0 spiro atoms. The summed E-state index contributed by atoms with van der Waals surface area (Å²) < 4.78 is 0. The lowest BCUT2D eigenvalue weighted by Crippen LogP contribution is -2.42. The standard InChI is InChI=1S/C14H24N2O/c1-5-14(2,3)16(4)10-13(17)11-8-6-7-9-12(11)15/h6-9,13,17H,5,10,15H2,1-4H3. The predicted octanol–water partition coefficient (Wildman–Crippen LogP) is 2.42. The Bertz CT molecular complexity index is 363. The highest BCUT2D eigenvalue weighted by molar-refractivity contribution is 5.47. The first-order chi connectivity index (χ1) is 7.88. The molecule has 17 heavy (non-hydrogen) atoms. The van der Waals surface area contributed by atoms with E-state index in [1.165, 1.54) is 0 Å². The summed E-state index contributed by atoms with van der Waals surface area (Å²) in [5.74, 6) is 0. The van der Waals surface area contributed by atoms with Gasteiger partial charge in [0.2, 0.25) is 0 Å². The van der Waals surface area contributed by atoms with Gasteiger partial charge in [0.1, 0.15) is 0 Å². The average Bonchev–Trinajstić information content (AvgIpc) is 2.29. The molecule has 0 amide bonds. The summed E-state index contributed by atoms with van der Waals surface area (Å²) in [5.41, 5.74) is 7.41. The number of hydrogen-bond acceptors (Lipinski definition) is 3. The van der Waals surface area contributed by atoms with Crippen molar-refractivity contribution < 1.29 is 5.11 Å². The molecule has 96 valence electrons. The number of β-amino-alcohol motifs (C(OH)–C–C–N with tert-alkyl or cyclic N) is 1. The third-order valence-electron chi connectivity index (χ3n) is 3.70. The lowest BCUT2D eigenvalue weighted by molar-refractivity contribution is 0.0690. The summed E-state index contributed by atoms with van der Waals surface area (Å²) in [4.78, 5) is 2.17. The van der Waals surface area contributed by atoms with Crippen LogP contribution < -0.4 is 5.73 Å². The number of likely N-dealkylation sites (N-methyl/N-ethyl adjacent to an activating group) is 1. The third kappa shape index (κ3) is 3.45. The molecule has 0 aliphatic rings. The molecular formula is C14H24N2O. The van der Waals surface area contributed by atoms with Crippen LogP contribution in [0.1, 0.15) is 38.9 Å². The molecule has 1 aromatic rings. The van der Waals surface area contributed by atoms with Crippen molar-refractivity contribution in [2.75, 3.05) is 19.3 Å². The van der Waals surface area contributed by atoms with Gasteiger partial charge in [0.05, 0.1) is 6.10 Å². The van der Waals surface area contributed by atoms with Crippen LogP contribution in [-0.2, 0) is 0 Å². The summed E-state index contributed by atoms with van der Waals surface area (Å²) in [6.07, 6.45) is 0.507. The second kappa shape index (κ2) is 5.52. The maximum atomic E-state index is 10.2. The molecule has 3 nitrogen and oxygen atoms in total. The Morgan fingerprint density at radius 2 is 1.94 bits per heavy atom. The highest BCUT2D eigenvalue weighted by Crippen LogP contribution is 2.24. The van der Waals surface area contributed by atoms with Crippen LogP contribution in [0.4, 0.5) is 5.69 Å². The van der Waals surface area contributed by atoms with Crippen molar-refractivity contribution in [3.63, 3.8) is 0 Å². The molecule has 0 fully saturated rings. The summed E-state index contributed by atoms with van der Waals surface area (Å²) in [7, 11) is 2.03. The molecule has 3 N–H and O–H groups in total. The normalized spacial score (nSPS) is 14.0. The molecule has 0 heterocycles. The van der Waals surface area contributed by atoms with Crippen molar-refractivity contribution in [3.8, 4) is 0 Å². The van der Waals surface area contributed by atoms with Crippen molar-refractivity contribution in [1.82, 2.24) is 4.90 Å².